The number of aryl methyl sites for hydroxylation is 3. The lowest BCUT2D eigenvalue weighted by atomic mass is 9.86. The van der Waals surface area contributed by atoms with Gasteiger partial charge in [-0.15, -0.1) is 0 Å². The van der Waals surface area contributed by atoms with Crippen molar-refractivity contribution in [2.75, 3.05) is 0 Å². The number of phenolic OH excluding ortho intramolecular Hbond substituents is 1. The fraction of sp³-hybridized carbons (Fsp3) is 0.412. The molecule has 18 heavy (non-hydrogen) atoms. The Kier molecular flexibility index (Phi) is 2.89. The molecule has 0 radical (unpaired) electrons. The minimum atomic E-state index is 0.455. The molecule has 1 nitrogen and oxygen atoms in total. The van der Waals surface area contributed by atoms with Gasteiger partial charge in [0.1, 0.15) is 5.75 Å². The number of hydrogen-bond acceptors (Lipinski definition) is 1. The highest BCUT2D eigenvalue weighted by Crippen LogP contribution is 2.40. The predicted octanol–water partition coefficient (Wildman–Crippen LogP) is 4.70. The molecule has 0 fully saturated rings. The predicted molar refractivity (Wildman–Crippen MR) is 78.8 cm³/mol. The van der Waals surface area contributed by atoms with Crippen molar-refractivity contribution < 1.29 is 5.11 Å². The van der Waals surface area contributed by atoms with Crippen molar-refractivity contribution in [1.82, 2.24) is 0 Å². The fourth-order valence-corrected chi connectivity index (χ4v) is 2.91. The highest BCUT2D eigenvalue weighted by molar-refractivity contribution is 5.99. The normalized spacial score (nSPS) is 11.3. The van der Waals surface area contributed by atoms with Crippen molar-refractivity contribution in [3.05, 3.63) is 38.9 Å². The second-order valence-electron chi connectivity index (χ2n) is 5.47. The molecule has 0 aliphatic rings. The van der Waals surface area contributed by atoms with Crippen molar-refractivity contribution in [2.45, 2.75) is 48.5 Å². The second-order valence-corrected chi connectivity index (χ2v) is 5.47. The third kappa shape index (κ3) is 1.46. The summed E-state index contributed by atoms with van der Waals surface area (Å²) in [5.74, 6) is 0.455. The van der Waals surface area contributed by atoms with Crippen LogP contribution in [0, 0.1) is 48.5 Å². The Morgan fingerprint density at radius 3 is 1.22 bits per heavy atom. The second kappa shape index (κ2) is 4.01. The first-order chi connectivity index (χ1) is 8.29. The van der Waals surface area contributed by atoms with E-state index in [1.807, 2.05) is 6.92 Å². The smallest absolute Gasteiger partial charge is 0.126 e. The van der Waals surface area contributed by atoms with E-state index in [4.69, 9.17) is 0 Å². The summed E-state index contributed by atoms with van der Waals surface area (Å²) in [6, 6.07) is 0. The van der Waals surface area contributed by atoms with Crippen LogP contribution in [0.25, 0.3) is 10.8 Å². The van der Waals surface area contributed by atoms with Crippen LogP contribution in [0.2, 0.25) is 0 Å². The zero-order valence-electron chi connectivity index (χ0n) is 12.4. The van der Waals surface area contributed by atoms with E-state index in [1.54, 1.807) is 0 Å². The molecule has 0 spiro atoms. The summed E-state index contributed by atoms with van der Waals surface area (Å²) in [5.41, 5.74) is 8.63. The van der Waals surface area contributed by atoms with E-state index < -0.39 is 0 Å². The molecule has 2 rings (SSSR count). The molecule has 0 amide bonds. The summed E-state index contributed by atoms with van der Waals surface area (Å²) in [6.07, 6.45) is 0. The van der Waals surface area contributed by atoms with E-state index in [-0.39, 0.29) is 0 Å². The summed E-state index contributed by atoms with van der Waals surface area (Å²) in [7, 11) is 0. The summed E-state index contributed by atoms with van der Waals surface area (Å²) in [5, 5.41) is 12.8. The average Bonchev–Trinajstić information content (AvgIpc) is 2.35. The lowest BCUT2D eigenvalue weighted by Crippen LogP contribution is -1.99. The van der Waals surface area contributed by atoms with Gasteiger partial charge in [-0.2, -0.15) is 0 Å². The van der Waals surface area contributed by atoms with Gasteiger partial charge in [-0.05, 0) is 92.8 Å². The van der Waals surface area contributed by atoms with Gasteiger partial charge in [0.15, 0.2) is 0 Å². The first-order valence-electron chi connectivity index (χ1n) is 6.47. The Morgan fingerprint density at radius 2 is 0.778 bits per heavy atom. The molecule has 0 aliphatic heterocycles. The van der Waals surface area contributed by atoms with Crippen LogP contribution in [-0.4, -0.2) is 5.11 Å². The molecular formula is C17H22O. The molecule has 0 saturated heterocycles. The maximum absolute atomic E-state index is 10.5. The van der Waals surface area contributed by atoms with Crippen molar-refractivity contribution in [3.63, 3.8) is 0 Å². The largest absolute Gasteiger partial charge is 0.507 e. The minimum Gasteiger partial charge on any atom is -0.507 e. The Morgan fingerprint density at radius 1 is 0.444 bits per heavy atom. The van der Waals surface area contributed by atoms with Crippen molar-refractivity contribution in [1.29, 1.82) is 0 Å². The van der Waals surface area contributed by atoms with Crippen LogP contribution in [-0.2, 0) is 0 Å². The number of phenols is 1. The van der Waals surface area contributed by atoms with Gasteiger partial charge in [0, 0.05) is 5.39 Å². The van der Waals surface area contributed by atoms with Gasteiger partial charge in [0.25, 0.3) is 0 Å². The van der Waals surface area contributed by atoms with Crippen LogP contribution >= 0.6 is 0 Å². The molecule has 0 unspecified atom stereocenters. The van der Waals surface area contributed by atoms with Gasteiger partial charge >= 0.3 is 0 Å². The van der Waals surface area contributed by atoms with Gasteiger partial charge in [-0.3, -0.25) is 0 Å². The number of aromatic hydroxyl groups is 1. The Bertz CT molecular complexity index is 551. The topological polar surface area (TPSA) is 20.2 Å². The van der Waals surface area contributed by atoms with Crippen LogP contribution < -0.4 is 0 Å². The summed E-state index contributed by atoms with van der Waals surface area (Å²) < 4.78 is 0. The Hall–Kier alpha value is -1.50. The monoisotopic (exact) mass is 242 g/mol. The van der Waals surface area contributed by atoms with Crippen LogP contribution in [0.15, 0.2) is 0 Å². The molecule has 2 aromatic carbocycles. The quantitative estimate of drug-likeness (QED) is 0.709. The molecule has 0 bridgehead atoms. The summed E-state index contributed by atoms with van der Waals surface area (Å²) >= 11 is 0. The first-order valence-corrected chi connectivity index (χ1v) is 6.47. The van der Waals surface area contributed by atoms with E-state index in [9.17, 15) is 5.11 Å². The van der Waals surface area contributed by atoms with Crippen molar-refractivity contribution >= 4 is 10.8 Å². The standard InChI is InChI=1S/C17H22O/c1-8-9(2)13(6)16-15(11(8)4)12(5)10(3)14(7)17(16)18/h18H,1-7H3. The number of rotatable bonds is 0. The first kappa shape index (κ1) is 12.9. The third-order valence-corrected chi connectivity index (χ3v) is 4.78. The molecular weight excluding hydrogens is 220 g/mol. The molecule has 1 N–H and O–H groups in total. The highest BCUT2D eigenvalue weighted by atomic mass is 16.3. The van der Waals surface area contributed by atoms with E-state index in [0.29, 0.717) is 5.75 Å². The summed E-state index contributed by atoms with van der Waals surface area (Å²) in [4.78, 5) is 0. The summed E-state index contributed by atoms with van der Waals surface area (Å²) in [6.45, 7) is 14.8. The van der Waals surface area contributed by atoms with Crippen LogP contribution in [0.5, 0.6) is 5.75 Å². The van der Waals surface area contributed by atoms with Gasteiger partial charge in [-0.25, -0.2) is 0 Å². The molecule has 0 aliphatic carbocycles. The van der Waals surface area contributed by atoms with Gasteiger partial charge in [0.2, 0.25) is 0 Å². The van der Waals surface area contributed by atoms with Crippen molar-refractivity contribution in [3.8, 4) is 5.75 Å². The van der Waals surface area contributed by atoms with Crippen LogP contribution in [0.1, 0.15) is 38.9 Å². The Labute approximate surface area is 109 Å². The van der Waals surface area contributed by atoms with E-state index in [1.165, 1.54) is 38.8 Å². The van der Waals surface area contributed by atoms with Crippen LogP contribution in [0.3, 0.4) is 0 Å². The molecule has 96 valence electrons. The third-order valence-electron chi connectivity index (χ3n) is 4.78. The van der Waals surface area contributed by atoms with E-state index in [2.05, 4.69) is 41.5 Å². The maximum atomic E-state index is 10.5. The zero-order valence-corrected chi connectivity index (χ0v) is 12.4. The lowest BCUT2D eigenvalue weighted by molar-refractivity contribution is 0.476. The molecule has 2 aromatic rings. The number of benzene rings is 2. The van der Waals surface area contributed by atoms with Crippen molar-refractivity contribution in [2.24, 2.45) is 0 Å². The number of hydrogen-bond donors (Lipinski definition) is 1. The number of fused-ring (bicyclic) bond motifs is 1. The SMILES string of the molecule is Cc1c(C)c(C)c2c(O)c(C)c(C)c(C)c2c1C. The Balaban J connectivity index is 3.22. The molecule has 0 aromatic heterocycles. The van der Waals surface area contributed by atoms with Crippen LogP contribution in [0.4, 0.5) is 0 Å². The minimum absolute atomic E-state index is 0.455. The highest BCUT2D eigenvalue weighted by Gasteiger charge is 2.17. The molecule has 0 atom stereocenters. The molecule has 0 saturated carbocycles. The molecule has 0 heterocycles. The zero-order chi connectivity index (χ0) is 13.8. The van der Waals surface area contributed by atoms with Gasteiger partial charge in [-0.1, -0.05) is 0 Å². The maximum Gasteiger partial charge on any atom is 0.126 e. The fourth-order valence-electron chi connectivity index (χ4n) is 2.91. The van der Waals surface area contributed by atoms with Gasteiger partial charge in [0.05, 0.1) is 0 Å². The molecule has 1 heteroatoms. The average molecular weight is 242 g/mol. The van der Waals surface area contributed by atoms with Gasteiger partial charge < -0.3 is 5.11 Å². The van der Waals surface area contributed by atoms with E-state index in [0.717, 1.165) is 10.9 Å². The lowest BCUT2D eigenvalue weighted by Gasteiger charge is -2.20. The van der Waals surface area contributed by atoms with E-state index >= 15 is 0 Å².